The molecule has 4 aromatic heterocycles. The predicted molar refractivity (Wildman–Crippen MR) is 128 cm³/mol. The van der Waals surface area contributed by atoms with Gasteiger partial charge >= 0.3 is 0 Å². The molecule has 0 aromatic carbocycles. The van der Waals surface area contributed by atoms with E-state index >= 15 is 0 Å². The Morgan fingerprint density at radius 1 is 0.909 bits per heavy atom. The van der Waals surface area contributed by atoms with Gasteiger partial charge in [-0.05, 0) is 60.6 Å². The Bertz CT molecular complexity index is 1230. The molecule has 33 heavy (non-hydrogen) atoms. The van der Waals surface area contributed by atoms with Crippen LogP contribution >= 0.6 is 0 Å². The van der Waals surface area contributed by atoms with Crippen molar-refractivity contribution >= 4 is 11.5 Å². The van der Waals surface area contributed by atoms with Gasteiger partial charge in [-0.25, -0.2) is 15.0 Å². The van der Waals surface area contributed by atoms with E-state index in [2.05, 4.69) is 52.1 Å². The monoisotopic (exact) mass is 442 g/mol. The molecule has 0 aliphatic carbocycles. The summed E-state index contributed by atoms with van der Waals surface area (Å²) in [6.07, 6.45) is 12.0. The summed E-state index contributed by atoms with van der Waals surface area (Å²) in [5, 5.41) is 9.51. The number of aliphatic hydroxyl groups is 1. The highest BCUT2D eigenvalue weighted by Gasteiger charge is 2.21. The van der Waals surface area contributed by atoms with Gasteiger partial charge in [-0.3, -0.25) is 4.98 Å². The van der Waals surface area contributed by atoms with E-state index in [1.165, 1.54) is 11.1 Å². The highest BCUT2D eigenvalue weighted by Crippen LogP contribution is 2.24. The molecule has 1 aliphatic heterocycles. The summed E-state index contributed by atoms with van der Waals surface area (Å²) in [4.78, 5) is 21.2. The zero-order valence-electron chi connectivity index (χ0n) is 19.1. The Morgan fingerprint density at radius 2 is 1.79 bits per heavy atom. The van der Waals surface area contributed by atoms with Crippen LogP contribution in [0.3, 0.4) is 0 Å². The van der Waals surface area contributed by atoms with Gasteiger partial charge < -0.3 is 14.4 Å². The fourth-order valence-electron chi connectivity index (χ4n) is 4.49. The average Bonchev–Trinajstić information content (AvgIpc) is 3.32. The molecular formula is C26H30N6O. The van der Waals surface area contributed by atoms with Gasteiger partial charge in [-0.2, -0.15) is 0 Å². The van der Waals surface area contributed by atoms with E-state index in [0.29, 0.717) is 12.3 Å². The van der Waals surface area contributed by atoms with Crippen molar-refractivity contribution in [3.05, 3.63) is 83.5 Å². The van der Waals surface area contributed by atoms with E-state index in [4.69, 9.17) is 9.97 Å². The van der Waals surface area contributed by atoms with E-state index in [-0.39, 0.29) is 6.61 Å². The van der Waals surface area contributed by atoms with Crippen LogP contribution in [0.4, 0.5) is 5.82 Å². The van der Waals surface area contributed by atoms with Crippen molar-refractivity contribution in [2.75, 3.05) is 24.6 Å². The minimum absolute atomic E-state index is 0.268. The summed E-state index contributed by atoms with van der Waals surface area (Å²) >= 11 is 0. The fraction of sp³-hybridized carbons (Fsp3) is 0.385. The highest BCUT2D eigenvalue weighted by molar-refractivity contribution is 5.45. The van der Waals surface area contributed by atoms with Gasteiger partial charge in [0, 0.05) is 62.7 Å². The summed E-state index contributed by atoms with van der Waals surface area (Å²) < 4.78 is 2.01. The van der Waals surface area contributed by atoms with Gasteiger partial charge in [0.1, 0.15) is 17.3 Å². The van der Waals surface area contributed by atoms with Crippen LogP contribution in [0, 0.1) is 5.92 Å². The molecule has 7 heteroatoms. The van der Waals surface area contributed by atoms with Gasteiger partial charge in [-0.15, -0.1) is 0 Å². The van der Waals surface area contributed by atoms with Crippen LogP contribution in [-0.2, 0) is 19.3 Å². The molecule has 7 nitrogen and oxygen atoms in total. The van der Waals surface area contributed by atoms with Crippen molar-refractivity contribution in [2.45, 2.75) is 39.0 Å². The van der Waals surface area contributed by atoms with Crippen molar-refractivity contribution in [3.63, 3.8) is 0 Å². The lowest BCUT2D eigenvalue weighted by molar-refractivity contribution is 0.202. The molecule has 0 bridgehead atoms. The normalized spacial score (nSPS) is 14.8. The molecule has 5 rings (SSSR count). The SMILES string of the molecule is CCc1ccnc(Cc2nc(Cc3ccn4ccnc4c3)cc(N3CCC(CO)CC3)n2)c1. The predicted octanol–water partition coefficient (Wildman–Crippen LogP) is 3.47. The molecule has 1 fully saturated rings. The molecule has 1 saturated heterocycles. The van der Waals surface area contributed by atoms with Crippen LogP contribution < -0.4 is 4.90 Å². The van der Waals surface area contributed by atoms with Gasteiger partial charge in [0.15, 0.2) is 0 Å². The third kappa shape index (κ3) is 5.03. The smallest absolute Gasteiger partial charge is 0.136 e. The lowest BCUT2D eigenvalue weighted by Gasteiger charge is -2.32. The van der Waals surface area contributed by atoms with Gasteiger partial charge in [0.2, 0.25) is 0 Å². The molecule has 0 atom stereocenters. The molecule has 1 N–H and O–H groups in total. The number of nitrogens with zero attached hydrogens (tertiary/aromatic N) is 6. The number of hydrogen-bond donors (Lipinski definition) is 1. The zero-order valence-corrected chi connectivity index (χ0v) is 19.1. The second-order valence-corrected chi connectivity index (χ2v) is 8.84. The van der Waals surface area contributed by atoms with Crippen LogP contribution in [0.1, 0.15) is 48.1 Å². The Kier molecular flexibility index (Phi) is 6.30. The second kappa shape index (κ2) is 9.67. The van der Waals surface area contributed by atoms with E-state index in [9.17, 15) is 5.11 Å². The lowest BCUT2D eigenvalue weighted by Crippen LogP contribution is -2.35. The number of aromatic nitrogens is 5. The minimum Gasteiger partial charge on any atom is -0.396 e. The molecule has 0 radical (unpaired) electrons. The first-order valence-corrected chi connectivity index (χ1v) is 11.8. The first-order valence-electron chi connectivity index (χ1n) is 11.8. The van der Waals surface area contributed by atoms with Crippen LogP contribution in [0.5, 0.6) is 0 Å². The third-order valence-corrected chi connectivity index (χ3v) is 6.48. The van der Waals surface area contributed by atoms with Crippen molar-refractivity contribution in [1.29, 1.82) is 0 Å². The molecular weight excluding hydrogens is 412 g/mol. The zero-order chi connectivity index (χ0) is 22.6. The second-order valence-electron chi connectivity index (χ2n) is 8.84. The summed E-state index contributed by atoms with van der Waals surface area (Å²) in [6, 6.07) is 10.6. The summed E-state index contributed by atoms with van der Waals surface area (Å²) in [6.45, 7) is 4.24. The van der Waals surface area contributed by atoms with Crippen LogP contribution in [0.2, 0.25) is 0 Å². The topological polar surface area (TPSA) is 79.4 Å². The quantitative estimate of drug-likeness (QED) is 0.472. The molecule has 170 valence electrons. The van der Waals surface area contributed by atoms with Crippen LogP contribution in [0.15, 0.2) is 55.1 Å². The summed E-state index contributed by atoms with van der Waals surface area (Å²) in [7, 11) is 0. The van der Waals surface area contributed by atoms with Crippen molar-refractivity contribution in [1.82, 2.24) is 24.3 Å². The number of aryl methyl sites for hydroxylation is 1. The van der Waals surface area contributed by atoms with Crippen molar-refractivity contribution in [2.24, 2.45) is 5.92 Å². The summed E-state index contributed by atoms with van der Waals surface area (Å²) in [5.41, 5.74) is 5.38. The Labute approximate surface area is 194 Å². The van der Waals surface area contributed by atoms with Gasteiger partial charge in [-0.1, -0.05) is 6.92 Å². The van der Waals surface area contributed by atoms with Crippen LogP contribution in [-0.4, -0.2) is 49.1 Å². The number of pyridine rings is 2. The van der Waals surface area contributed by atoms with Crippen LogP contribution in [0.25, 0.3) is 5.65 Å². The average molecular weight is 443 g/mol. The van der Waals surface area contributed by atoms with Crippen molar-refractivity contribution in [3.8, 4) is 0 Å². The Hall–Kier alpha value is -3.32. The van der Waals surface area contributed by atoms with E-state index in [1.54, 1.807) is 0 Å². The number of hydrogen-bond acceptors (Lipinski definition) is 6. The largest absolute Gasteiger partial charge is 0.396 e. The van der Waals surface area contributed by atoms with E-state index < -0.39 is 0 Å². The number of aliphatic hydroxyl groups excluding tert-OH is 1. The molecule has 4 aromatic rings. The summed E-state index contributed by atoms with van der Waals surface area (Å²) in [5.74, 6) is 2.17. The maximum absolute atomic E-state index is 9.51. The molecule has 0 saturated carbocycles. The highest BCUT2D eigenvalue weighted by atomic mass is 16.3. The lowest BCUT2D eigenvalue weighted by atomic mass is 9.98. The van der Waals surface area contributed by atoms with Crippen molar-refractivity contribution < 1.29 is 5.11 Å². The first kappa shape index (κ1) is 21.5. The van der Waals surface area contributed by atoms with E-state index in [1.807, 2.05) is 29.2 Å². The van der Waals surface area contributed by atoms with Gasteiger partial charge in [0.25, 0.3) is 0 Å². The van der Waals surface area contributed by atoms with E-state index in [0.717, 1.165) is 67.5 Å². The third-order valence-electron chi connectivity index (χ3n) is 6.48. The number of fused-ring (bicyclic) bond motifs is 1. The molecule has 0 spiro atoms. The van der Waals surface area contributed by atoms with Gasteiger partial charge in [0.05, 0.1) is 12.1 Å². The molecule has 1 aliphatic rings. The number of anilines is 1. The first-order chi connectivity index (χ1) is 16.2. The fourth-order valence-corrected chi connectivity index (χ4v) is 4.49. The Morgan fingerprint density at radius 3 is 2.61 bits per heavy atom. The molecule has 5 heterocycles. The molecule has 0 amide bonds. The number of rotatable bonds is 7. The standard InChI is InChI=1S/C26H30N6O/c1-2-19-3-7-27-22(13-19)16-24-29-23(14-21-6-11-32-12-8-28-25(32)15-21)17-26(30-24)31-9-4-20(18-33)5-10-31/h3,6-8,11-13,15,17,20,33H,2,4-5,9-10,14,16,18H2,1H3. The molecule has 0 unspecified atom stereocenters. The Balaban J connectivity index is 1.45. The number of imidazole rings is 1. The minimum atomic E-state index is 0.268. The maximum atomic E-state index is 9.51. The maximum Gasteiger partial charge on any atom is 0.136 e. The number of piperidine rings is 1.